The smallest absolute Gasteiger partial charge is 0.306 e. The van der Waals surface area contributed by atoms with Crippen LogP contribution in [0.3, 0.4) is 0 Å². The Balaban J connectivity index is -0.000000713. The van der Waals surface area contributed by atoms with E-state index in [0.29, 0.717) is 0 Å². The molecule has 0 aliphatic carbocycles. The number of nitrogens with one attached hydrogen (secondary N) is 1. The van der Waals surface area contributed by atoms with E-state index < -0.39 is 40.7 Å². The number of carbonyl (C=O) groups is 3. The molecule has 0 aromatic heterocycles. The molecule has 1 amide bonds. The maximum Gasteiger partial charge on any atom is 0.306 e. The molecule has 0 aromatic rings. The molecular formula is C23H44ClNO6S. The second kappa shape index (κ2) is 20.5. The Kier molecular flexibility index (Phi) is 22.8. The van der Waals surface area contributed by atoms with Crippen molar-refractivity contribution in [1.29, 1.82) is 0 Å². The number of alkyl halides is 1. The summed E-state index contributed by atoms with van der Waals surface area (Å²) >= 11 is 6.39. The largest absolute Gasteiger partial charge is 0.469 e. The fourth-order valence-corrected chi connectivity index (χ4v) is 4.06. The number of aliphatic hydroxyl groups excluding tert-OH is 1. The molecule has 1 saturated heterocycles. The monoisotopic (exact) mass is 497 g/mol. The number of halogens is 1. The lowest BCUT2D eigenvalue weighted by atomic mass is 9.77. The van der Waals surface area contributed by atoms with Crippen molar-refractivity contribution in [2.75, 3.05) is 25.3 Å². The Morgan fingerprint density at radius 2 is 1.88 bits per heavy atom. The van der Waals surface area contributed by atoms with Gasteiger partial charge in [-0.25, -0.2) is 0 Å². The number of rotatable bonds is 10. The van der Waals surface area contributed by atoms with Crippen LogP contribution in [0.15, 0.2) is 12.7 Å². The molecule has 1 rings (SSSR count). The summed E-state index contributed by atoms with van der Waals surface area (Å²) in [4.78, 5) is 35.5. The van der Waals surface area contributed by atoms with E-state index in [0.717, 1.165) is 11.8 Å². The first-order valence-corrected chi connectivity index (χ1v) is 12.8. The van der Waals surface area contributed by atoms with E-state index >= 15 is 0 Å². The lowest BCUT2D eigenvalue weighted by Crippen LogP contribution is -2.64. The van der Waals surface area contributed by atoms with Gasteiger partial charge in [0.25, 0.3) is 0 Å². The molecule has 3 N–H and O–H groups in total. The molecule has 1 aliphatic heterocycles. The summed E-state index contributed by atoms with van der Waals surface area (Å²) in [6, 6.07) is 0. The van der Waals surface area contributed by atoms with Crippen LogP contribution in [0.1, 0.15) is 73.6 Å². The van der Waals surface area contributed by atoms with Gasteiger partial charge in [0.2, 0.25) is 11.0 Å². The average molecular weight is 498 g/mol. The minimum Gasteiger partial charge on any atom is -0.469 e. The molecule has 1 aliphatic rings. The summed E-state index contributed by atoms with van der Waals surface area (Å²) in [5.41, 5.74) is -3.58. The molecule has 0 bridgehead atoms. The molecule has 3 atom stereocenters. The van der Waals surface area contributed by atoms with Gasteiger partial charge in [-0.3, -0.25) is 14.4 Å². The van der Waals surface area contributed by atoms with Crippen LogP contribution in [0.5, 0.6) is 0 Å². The van der Waals surface area contributed by atoms with Crippen LogP contribution in [-0.4, -0.2) is 63.7 Å². The zero-order chi connectivity index (χ0) is 25.8. The molecule has 1 fully saturated rings. The Morgan fingerprint density at radius 1 is 1.31 bits per heavy atom. The van der Waals surface area contributed by atoms with Gasteiger partial charge >= 0.3 is 5.97 Å². The summed E-state index contributed by atoms with van der Waals surface area (Å²) in [6.07, 6.45) is 5.91. The third kappa shape index (κ3) is 10.7. The van der Waals surface area contributed by atoms with E-state index in [1.807, 2.05) is 33.8 Å². The highest BCUT2D eigenvalue weighted by Gasteiger charge is 2.64. The lowest BCUT2D eigenvalue weighted by Gasteiger charge is -2.37. The highest BCUT2D eigenvalue weighted by molar-refractivity contribution is 8.13. The van der Waals surface area contributed by atoms with Crippen molar-refractivity contribution in [3.63, 3.8) is 0 Å². The molecule has 0 aromatic carbocycles. The van der Waals surface area contributed by atoms with E-state index in [1.165, 1.54) is 33.3 Å². The third-order valence-corrected chi connectivity index (χ3v) is 5.94. The number of methoxy groups -OCH3 is 1. The molecule has 0 radical (unpaired) electrons. The van der Waals surface area contributed by atoms with Crippen molar-refractivity contribution in [2.45, 2.75) is 84.8 Å². The van der Waals surface area contributed by atoms with Gasteiger partial charge in [0.1, 0.15) is 5.60 Å². The quantitative estimate of drug-likeness (QED) is 0.180. The number of unbranched alkanes of at least 4 members (excludes halogenated alkanes) is 2. The Labute approximate surface area is 203 Å². The van der Waals surface area contributed by atoms with Gasteiger partial charge in [0, 0.05) is 11.6 Å². The number of allylic oxidation sites excluding steroid dienone is 1. The zero-order valence-corrected chi connectivity index (χ0v) is 22.4. The minimum atomic E-state index is -1.80. The van der Waals surface area contributed by atoms with Crippen molar-refractivity contribution in [1.82, 2.24) is 5.32 Å². The highest BCUT2D eigenvalue weighted by atomic mass is 35.5. The molecule has 190 valence electrons. The first-order valence-electron chi connectivity index (χ1n) is 11.2. The molecule has 32 heavy (non-hydrogen) atoms. The number of hydrogen-bond acceptors (Lipinski definition) is 7. The first kappa shape index (κ1) is 35.5. The fraction of sp³-hybridized carbons (Fsp3) is 0.783. The average Bonchev–Trinajstić information content (AvgIpc) is 3.01. The number of ether oxygens (including phenoxy) is 1. The number of esters is 1. The summed E-state index contributed by atoms with van der Waals surface area (Å²) < 4.78 is 4.47. The van der Waals surface area contributed by atoms with Crippen LogP contribution in [0, 0.1) is 5.92 Å². The van der Waals surface area contributed by atoms with Gasteiger partial charge in [-0.15, -0.1) is 18.2 Å². The Hall–Kier alpha value is -1.09. The molecule has 0 spiro atoms. The summed E-state index contributed by atoms with van der Waals surface area (Å²) in [5, 5.41) is 22.1. The van der Waals surface area contributed by atoms with Crippen LogP contribution in [0.4, 0.5) is 0 Å². The SMILES string of the molecule is C=CCCCC.CC.CC.COC(=O)CCSC(=O)[C@]1(CO)NC(=O)[C@H](CCCl)[C@]1(C)O. The molecule has 1 heterocycles. The van der Waals surface area contributed by atoms with Crippen molar-refractivity contribution < 1.29 is 29.3 Å². The molecule has 7 nitrogen and oxygen atoms in total. The maximum atomic E-state index is 12.4. The van der Waals surface area contributed by atoms with Gasteiger partial charge < -0.3 is 20.3 Å². The predicted molar refractivity (Wildman–Crippen MR) is 134 cm³/mol. The van der Waals surface area contributed by atoms with E-state index in [2.05, 4.69) is 23.6 Å². The van der Waals surface area contributed by atoms with Crippen LogP contribution in [-0.2, 0) is 19.1 Å². The van der Waals surface area contributed by atoms with Gasteiger partial charge in [-0.05, 0) is 19.8 Å². The zero-order valence-electron chi connectivity index (χ0n) is 20.8. The van der Waals surface area contributed by atoms with Crippen molar-refractivity contribution in [3.05, 3.63) is 12.7 Å². The van der Waals surface area contributed by atoms with Gasteiger partial charge in [0.05, 0.1) is 26.1 Å². The number of thioether (sulfide) groups is 1. The van der Waals surface area contributed by atoms with Gasteiger partial charge in [-0.1, -0.05) is 65.3 Å². The molecule has 9 heteroatoms. The Bertz CT molecular complexity index is 545. The fourth-order valence-electron chi connectivity index (χ4n) is 2.82. The minimum absolute atomic E-state index is 0.00954. The number of hydrogen-bond donors (Lipinski definition) is 3. The van der Waals surface area contributed by atoms with Crippen LogP contribution in [0.2, 0.25) is 0 Å². The van der Waals surface area contributed by atoms with Crippen molar-refractivity contribution in [2.24, 2.45) is 5.92 Å². The maximum absolute atomic E-state index is 12.4. The standard InChI is InChI=1S/C13H20ClNO6S.C6H12.2C2H6/c1-12(20)8(3-5-14)10(18)15-13(12,7-16)11(19)22-6-4-9(17)21-2;1-3-5-6-4-2;2*1-2/h8,16,20H,3-7H2,1-2H3,(H,15,18);3H,1,4-6H2,2H3;2*1-2H3/t8-,12-,13-;;;/m0.../s1. The summed E-state index contributed by atoms with van der Waals surface area (Å²) in [5.74, 6) is -1.62. The molecule has 0 saturated carbocycles. The number of carbonyl (C=O) groups excluding carboxylic acids is 3. The number of amides is 1. The second-order valence-electron chi connectivity index (χ2n) is 6.62. The van der Waals surface area contributed by atoms with Gasteiger partial charge in [-0.2, -0.15) is 0 Å². The van der Waals surface area contributed by atoms with E-state index in [9.17, 15) is 24.6 Å². The van der Waals surface area contributed by atoms with Gasteiger partial charge in [0.15, 0.2) is 5.54 Å². The van der Waals surface area contributed by atoms with E-state index in [4.69, 9.17) is 11.6 Å². The van der Waals surface area contributed by atoms with Crippen LogP contribution in [0.25, 0.3) is 0 Å². The highest BCUT2D eigenvalue weighted by Crippen LogP contribution is 2.41. The van der Waals surface area contributed by atoms with Crippen molar-refractivity contribution >= 4 is 40.4 Å². The normalized spacial score (nSPS) is 23.2. The lowest BCUT2D eigenvalue weighted by molar-refractivity contribution is -0.140. The van der Waals surface area contributed by atoms with Crippen LogP contribution < -0.4 is 5.32 Å². The molecule has 0 unspecified atom stereocenters. The topological polar surface area (TPSA) is 113 Å². The van der Waals surface area contributed by atoms with Crippen molar-refractivity contribution in [3.8, 4) is 0 Å². The van der Waals surface area contributed by atoms with Crippen LogP contribution >= 0.6 is 23.4 Å². The number of aliphatic hydroxyl groups is 2. The van der Waals surface area contributed by atoms with E-state index in [1.54, 1.807) is 0 Å². The summed E-state index contributed by atoms with van der Waals surface area (Å²) in [7, 11) is 1.24. The first-order chi connectivity index (χ1) is 15.2. The third-order valence-electron chi connectivity index (χ3n) is 4.71. The second-order valence-corrected chi connectivity index (χ2v) is 8.07. The Morgan fingerprint density at radius 3 is 2.25 bits per heavy atom. The summed E-state index contributed by atoms with van der Waals surface area (Å²) in [6.45, 7) is 14.4. The molecular weight excluding hydrogens is 454 g/mol. The predicted octanol–water partition coefficient (Wildman–Crippen LogP) is 4.08. The van der Waals surface area contributed by atoms with E-state index in [-0.39, 0.29) is 24.5 Å².